The first-order valence-corrected chi connectivity index (χ1v) is 5.98. The van der Waals surface area contributed by atoms with Crippen molar-refractivity contribution in [1.82, 2.24) is 9.78 Å². The van der Waals surface area contributed by atoms with Crippen LogP contribution in [0.3, 0.4) is 0 Å². The topological polar surface area (TPSA) is 46.9 Å². The quantitative estimate of drug-likeness (QED) is 0.926. The van der Waals surface area contributed by atoms with Crippen molar-refractivity contribution < 1.29 is 4.79 Å². The molecule has 0 radical (unpaired) electrons. The number of halogens is 1. The van der Waals surface area contributed by atoms with Gasteiger partial charge in [-0.3, -0.25) is 9.48 Å². The summed E-state index contributed by atoms with van der Waals surface area (Å²) in [6.45, 7) is 4.03. The van der Waals surface area contributed by atoms with Gasteiger partial charge in [0.25, 0.3) is 0 Å². The van der Waals surface area contributed by atoms with Gasteiger partial charge >= 0.3 is 0 Å². The molecule has 1 heterocycles. The number of amides is 1. The maximum absolute atomic E-state index is 11.9. The first-order chi connectivity index (χ1) is 8.56. The number of benzene rings is 1. The van der Waals surface area contributed by atoms with E-state index in [-0.39, 0.29) is 12.5 Å². The average molecular weight is 264 g/mol. The molecular weight excluding hydrogens is 250 g/mol. The second-order valence-corrected chi connectivity index (χ2v) is 4.57. The number of nitrogens with zero attached hydrogens (tertiary/aromatic N) is 2. The molecule has 5 heteroatoms. The number of hydrogen-bond acceptors (Lipinski definition) is 2. The lowest BCUT2D eigenvalue weighted by atomic mass is 10.2. The van der Waals surface area contributed by atoms with Crippen LogP contribution in [0.4, 0.5) is 5.69 Å². The van der Waals surface area contributed by atoms with E-state index in [1.807, 2.05) is 26.0 Å². The van der Waals surface area contributed by atoms with Crippen LogP contribution in [0.5, 0.6) is 0 Å². The van der Waals surface area contributed by atoms with Gasteiger partial charge in [-0.2, -0.15) is 5.10 Å². The molecule has 1 aromatic heterocycles. The van der Waals surface area contributed by atoms with Crippen LogP contribution >= 0.6 is 11.6 Å². The van der Waals surface area contributed by atoms with E-state index in [2.05, 4.69) is 10.4 Å². The molecule has 2 aromatic rings. The lowest BCUT2D eigenvalue weighted by molar-refractivity contribution is -0.116. The van der Waals surface area contributed by atoms with Crippen LogP contribution in [-0.2, 0) is 11.3 Å². The normalized spacial score (nSPS) is 10.4. The Balaban J connectivity index is 2.08. The Hall–Kier alpha value is -1.81. The summed E-state index contributed by atoms with van der Waals surface area (Å²) in [6.07, 6.45) is 1.67. The summed E-state index contributed by atoms with van der Waals surface area (Å²) < 4.78 is 1.65. The van der Waals surface area contributed by atoms with Crippen LogP contribution in [0.1, 0.15) is 11.3 Å². The molecule has 1 amide bonds. The largest absolute Gasteiger partial charge is 0.324 e. The highest BCUT2D eigenvalue weighted by Crippen LogP contribution is 2.20. The minimum absolute atomic E-state index is 0.118. The Bertz CT molecular complexity index is 577. The van der Waals surface area contributed by atoms with Crippen LogP contribution in [-0.4, -0.2) is 15.7 Å². The molecule has 0 saturated carbocycles. The number of carbonyl (C=O) groups excluding carboxylic acids is 1. The lowest BCUT2D eigenvalue weighted by Crippen LogP contribution is -2.20. The number of rotatable bonds is 3. The molecule has 2 rings (SSSR count). The zero-order valence-electron chi connectivity index (χ0n) is 10.3. The van der Waals surface area contributed by atoms with Gasteiger partial charge in [0.05, 0.1) is 0 Å². The van der Waals surface area contributed by atoms with E-state index in [1.54, 1.807) is 23.0 Å². The smallest absolute Gasteiger partial charge is 0.246 e. The number of aromatic nitrogens is 2. The van der Waals surface area contributed by atoms with Gasteiger partial charge < -0.3 is 5.32 Å². The van der Waals surface area contributed by atoms with Crippen LogP contribution in [0.25, 0.3) is 0 Å². The van der Waals surface area contributed by atoms with Gasteiger partial charge in [-0.15, -0.1) is 0 Å². The van der Waals surface area contributed by atoms with Crippen molar-refractivity contribution in [1.29, 1.82) is 0 Å². The van der Waals surface area contributed by atoms with Crippen molar-refractivity contribution in [3.8, 4) is 0 Å². The van der Waals surface area contributed by atoms with E-state index in [1.165, 1.54) is 0 Å². The summed E-state index contributed by atoms with van der Waals surface area (Å²) in [5, 5.41) is 7.50. The molecule has 1 N–H and O–H groups in total. The van der Waals surface area contributed by atoms with E-state index in [0.717, 1.165) is 16.9 Å². The maximum atomic E-state index is 11.9. The molecule has 0 bridgehead atoms. The fourth-order valence-corrected chi connectivity index (χ4v) is 1.79. The average Bonchev–Trinajstić information content (AvgIpc) is 2.70. The lowest BCUT2D eigenvalue weighted by Gasteiger charge is -2.09. The summed E-state index contributed by atoms with van der Waals surface area (Å²) in [5.41, 5.74) is 2.66. The fourth-order valence-electron chi connectivity index (χ4n) is 1.62. The Morgan fingerprint density at radius 1 is 1.39 bits per heavy atom. The SMILES string of the molecule is Cc1ccc(Cl)cc1NC(=O)Cn1nccc1C. The molecule has 18 heavy (non-hydrogen) atoms. The maximum Gasteiger partial charge on any atom is 0.246 e. The Kier molecular flexibility index (Phi) is 3.67. The number of carbonyl (C=O) groups is 1. The van der Waals surface area contributed by atoms with E-state index in [4.69, 9.17) is 11.6 Å². The molecule has 0 aliphatic rings. The van der Waals surface area contributed by atoms with Crippen molar-refractivity contribution >= 4 is 23.2 Å². The molecular formula is C13H14ClN3O. The van der Waals surface area contributed by atoms with Gasteiger partial charge in [-0.25, -0.2) is 0 Å². The minimum Gasteiger partial charge on any atom is -0.324 e. The van der Waals surface area contributed by atoms with Crippen molar-refractivity contribution in [2.45, 2.75) is 20.4 Å². The third kappa shape index (κ3) is 2.90. The Morgan fingerprint density at radius 3 is 2.83 bits per heavy atom. The number of hydrogen-bond donors (Lipinski definition) is 1. The molecule has 0 aliphatic carbocycles. The highest BCUT2D eigenvalue weighted by molar-refractivity contribution is 6.31. The Morgan fingerprint density at radius 2 is 2.17 bits per heavy atom. The number of anilines is 1. The van der Waals surface area contributed by atoms with Gasteiger partial charge in [0.1, 0.15) is 6.54 Å². The standard InChI is InChI=1S/C13H14ClN3O/c1-9-3-4-11(14)7-12(9)16-13(18)8-17-10(2)5-6-15-17/h3-7H,8H2,1-2H3,(H,16,18). The number of nitrogens with one attached hydrogen (secondary N) is 1. The predicted molar refractivity (Wildman–Crippen MR) is 71.8 cm³/mol. The Labute approximate surface area is 111 Å². The highest BCUT2D eigenvalue weighted by Gasteiger charge is 2.07. The predicted octanol–water partition coefficient (Wildman–Crippen LogP) is 2.79. The first kappa shape index (κ1) is 12.6. The van der Waals surface area contributed by atoms with Crippen LogP contribution in [0.2, 0.25) is 5.02 Å². The van der Waals surface area contributed by atoms with Crippen molar-refractivity contribution in [2.24, 2.45) is 0 Å². The molecule has 1 aromatic carbocycles. The van der Waals surface area contributed by atoms with E-state index in [0.29, 0.717) is 5.02 Å². The summed E-state index contributed by atoms with van der Waals surface area (Å²) in [6, 6.07) is 7.27. The van der Waals surface area contributed by atoms with Crippen LogP contribution < -0.4 is 5.32 Å². The molecule has 0 unspecified atom stereocenters. The molecule has 0 saturated heterocycles. The third-order valence-corrected chi connectivity index (χ3v) is 2.93. The summed E-state index contributed by atoms with van der Waals surface area (Å²) >= 11 is 5.90. The van der Waals surface area contributed by atoms with Gasteiger partial charge in [-0.1, -0.05) is 17.7 Å². The van der Waals surface area contributed by atoms with E-state index >= 15 is 0 Å². The van der Waals surface area contributed by atoms with Crippen LogP contribution in [0.15, 0.2) is 30.5 Å². The van der Waals surface area contributed by atoms with Crippen molar-refractivity contribution in [3.05, 3.63) is 46.7 Å². The molecule has 0 spiro atoms. The minimum atomic E-state index is -0.118. The third-order valence-electron chi connectivity index (χ3n) is 2.70. The molecule has 0 aliphatic heterocycles. The van der Waals surface area contributed by atoms with E-state index in [9.17, 15) is 4.79 Å². The second-order valence-electron chi connectivity index (χ2n) is 4.14. The summed E-state index contributed by atoms with van der Waals surface area (Å²) in [7, 11) is 0. The summed E-state index contributed by atoms with van der Waals surface area (Å²) in [4.78, 5) is 11.9. The zero-order chi connectivity index (χ0) is 13.1. The van der Waals surface area contributed by atoms with Gasteiger partial charge in [0, 0.05) is 22.6 Å². The van der Waals surface area contributed by atoms with Gasteiger partial charge in [-0.05, 0) is 37.6 Å². The van der Waals surface area contributed by atoms with Crippen molar-refractivity contribution in [2.75, 3.05) is 5.32 Å². The molecule has 0 fully saturated rings. The van der Waals surface area contributed by atoms with Gasteiger partial charge in [0.15, 0.2) is 0 Å². The monoisotopic (exact) mass is 263 g/mol. The second kappa shape index (κ2) is 5.23. The fraction of sp³-hybridized carbons (Fsp3) is 0.231. The highest BCUT2D eigenvalue weighted by atomic mass is 35.5. The molecule has 94 valence electrons. The summed E-state index contributed by atoms with van der Waals surface area (Å²) in [5.74, 6) is -0.118. The van der Waals surface area contributed by atoms with Crippen molar-refractivity contribution in [3.63, 3.8) is 0 Å². The zero-order valence-corrected chi connectivity index (χ0v) is 11.0. The van der Waals surface area contributed by atoms with Gasteiger partial charge in [0.2, 0.25) is 5.91 Å². The first-order valence-electron chi connectivity index (χ1n) is 5.60. The van der Waals surface area contributed by atoms with E-state index < -0.39 is 0 Å². The molecule has 0 atom stereocenters. The number of aryl methyl sites for hydroxylation is 2. The molecule has 4 nitrogen and oxygen atoms in total. The van der Waals surface area contributed by atoms with Crippen LogP contribution in [0, 0.1) is 13.8 Å².